The van der Waals surface area contributed by atoms with Crippen LogP contribution in [0.2, 0.25) is 0 Å². The number of nitrogens with two attached hydrogens (primary N) is 1. The average Bonchev–Trinajstić information content (AvgIpc) is 3.46. The summed E-state index contributed by atoms with van der Waals surface area (Å²) in [5.74, 6) is 0.148. The molecule has 4 rings (SSSR count). The summed E-state index contributed by atoms with van der Waals surface area (Å²) in [5.41, 5.74) is 10.1. The molecule has 0 spiro atoms. The van der Waals surface area contributed by atoms with Gasteiger partial charge in [-0.15, -0.1) is 10.2 Å². The fraction of sp³-hybridized carbons (Fsp3) is 0.190. The Hall–Kier alpha value is -3.95. The van der Waals surface area contributed by atoms with E-state index in [4.69, 9.17) is 10.2 Å². The normalized spacial score (nSPS) is 13.8. The Morgan fingerprint density at radius 3 is 2.48 bits per heavy atom. The van der Waals surface area contributed by atoms with Crippen LogP contribution in [-0.2, 0) is 6.42 Å². The molecule has 31 heavy (non-hydrogen) atoms. The minimum atomic E-state index is -2.79. The fourth-order valence-corrected chi connectivity index (χ4v) is 2.94. The number of aromatic nitrogens is 2. The molecule has 0 fully saturated rings. The second-order valence-electron chi connectivity index (χ2n) is 6.84. The molecule has 0 saturated carbocycles. The summed E-state index contributed by atoms with van der Waals surface area (Å²) in [6.45, 7) is 1.64. The Morgan fingerprint density at radius 1 is 1.10 bits per heavy atom. The molecule has 8 nitrogen and oxygen atoms in total. The lowest BCUT2D eigenvalue weighted by Crippen LogP contribution is -2.26. The van der Waals surface area contributed by atoms with Crippen LogP contribution in [0.25, 0.3) is 11.5 Å². The molecule has 0 radical (unpaired) electrons. The van der Waals surface area contributed by atoms with Gasteiger partial charge in [-0.1, -0.05) is 12.1 Å². The Labute approximate surface area is 177 Å². The highest BCUT2D eigenvalue weighted by Crippen LogP contribution is 2.23. The van der Waals surface area contributed by atoms with Crippen molar-refractivity contribution in [3.63, 3.8) is 0 Å². The van der Waals surface area contributed by atoms with Crippen LogP contribution < -0.4 is 21.7 Å². The van der Waals surface area contributed by atoms with Gasteiger partial charge in [0.1, 0.15) is 0 Å². The first kappa shape index (κ1) is 20.3. The molecular formula is C21H21F2N7O. The van der Waals surface area contributed by atoms with Crippen molar-refractivity contribution >= 4 is 17.3 Å². The molecular weight excluding hydrogens is 404 g/mol. The highest BCUT2D eigenvalue weighted by molar-refractivity contribution is 5.94. The van der Waals surface area contributed by atoms with Gasteiger partial charge >= 0.3 is 6.43 Å². The van der Waals surface area contributed by atoms with Crippen molar-refractivity contribution in [2.75, 3.05) is 23.7 Å². The SMILES string of the molecule is N/C(=C\Nc1ccc(NC2=NCCN2)cc1)Cc1ccc(-c2nnc(C(F)F)o2)cc1. The first-order chi connectivity index (χ1) is 15.1. The van der Waals surface area contributed by atoms with Crippen LogP contribution in [-0.4, -0.2) is 29.2 Å². The van der Waals surface area contributed by atoms with Crippen molar-refractivity contribution in [3.8, 4) is 11.5 Å². The lowest BCUT2D eigenvalue weighted by Gasteiger charge is -2.08. The summed E-state index contributed by atoms with van der Waals surface area (Å²) in [6, 6.07) is 14.9. The van der Waals surface area contributed by atoms with Gasteiger partial charge < -0.3 is 26.1 Å². The van der Waals surface area contributed by atoms with Crippen molar-refractivity contribution in [2.45, 2.75) is 12.8 Å². The maximum Gasteiger partial charge on any atom is 0.314 e. The van der Waals surface area contributed by atoms with E-state index in [1.807, 2.05) is 36.4 Å². The van der Waals surface area contributed by atoms with Gasteiger partial charge in [0.15, 0.2) is 5.96 Å². The summed E-state index contributed by atoms with van der Waals surface area (Å²) in [7, 11) is 0. The minimum absolute atomic E-state index is 0.0563. The highest BCUT2D eigenvalue weighted by atomic mass is 19.3. The first-order valence-corrected chi connectivity index (χ1v) is 9.64. The van der Waals surface area contributed by atoms with E-state index in [0.29, 0.717) is 17.7 Å². The van der Waals surface area contributed by atoms with E-state index in [2.05, 4.69) is 31.1 Å². The third-order valence-corrected chi connectivity index (χ3v) is 4.48. The standard InChI is InChI=1S/C21H21F2N7O/c22-18(23)20-30-29-19(31-20)14-3-1-13(2-4-14)11-15(24)12-27-16-5-7-17(8-6-16)28-21-25-9-10-26-21/h1-8,12,18,27H,9-11,24H2,(H2,25,26,28)/b15-12-. The van der Waals surface area contributed by atoms with E-state index in [1.54, 1.807) is 18.3 Å². The van der Waals surface area contributed by atoms with E-state index in [0.717, 1.165) is 36.0 Å². The molecule has 2 heterocycles. The third-order valence-electron chi connectivity index (χ3n) is 4.48. The van der Waals surface area contributed by atoms with Crippen LogP contribution in [0.3, 0.4) is 0 Å². The maximum atomic E-state index is 12.6. The second kappa shape index (κ2) is 9.24. The zero-order valence-corrected chi connectivity index (χ0v) is 16.5. The van der Waals surface area contributed by atoms with E-state index in [1.165, 1.54) is 0 Å². The molecule has 0 amide bonds. The monoisotopic (exact) mass is 425 g/mol. The lowest BCUT2D eigenvalue weighted by molar-refractivity contribution is 0.116. The molecule has 1 aliphatic heterocycles. The highest BCUT2D eigenvalue weighted by Gasteiger charge is 2.16. The van der Waals surface area contributed by atoms with Crippen molar-refractivity contribution in [2.24, 2.45) is 10.7 Å². The predicted octanol–water partition coefficient (Wildman–Crippen LogP) is 3.50. The zero-order valence-electron chi connectivity index (χ0n) is 16.5. The smallest absolute Gasteiger partial charge is 0.314 e. The third kappa shape index (κ3) is 5.35. The summed E-state index contributed by atoms with van der Waals surface area (Å²) in [5, 5.41) is 16.5. The molecule has 0 bridgehead atoms. The van der Waals surface area contributed by atoms with Crippen LogP contribution in [0.4, 0.5) is 20.2 Å². The topological polar surface area (TPSA) is 113 Å². The molecule has 0 unspecified atom stereocenters. The maximum absolute atomic E-state index is 12.6. The number of halogens is 2. The number of alkyl halides is 2. The molecule has 0 aliphatic carbocycles. The van der Waals surface area contributed by atoms with E-state index < -0.39 is 12.3 Å². The average molecular weight is 425 g/mol. The number of allylic oxidation sites excluding steroid dienone is 1. The van der Waals surface area contributed by atoms with Crippen molar-refractivity contribution < 1.29 is 13.2 Å². The largest absolute Gasteiger partial charge is 0.415 e. The van der Waals surface area contributed by atoms with Crippen LogP contribution >= 0.6 is 0 Å². The van der Waals surface area contributed by atoms with Crippen molar-refractivity contribution in [1.29, 1.82) is 0 Å². The summed E-state index contributed by atoms with van der Waals surface area (Å²) in [6.07, 6.45) is -0.528. The van der Waals surface area contributed by atoms with E-state index in [-0.39, 0.29) is 5.89 Å². The van der Waals surface area contributed by atoms with Crippen LogP contribution in [0, 0.1) is 0 Å². The first-order valence-electron chi connectivity index (χ1n) is 9.64. The minimum Gasteiger partial charge on any atom is -0.415 e. The van der Waals surface area contributed by atoms with Gasteiger partial charge in [0, 0.05) is 41.8 Å². The number of nitrogens with one attached hydrogen (secondary N) is 3. The number of rotatable bonds is 7. The number of benzene rings is 2. The van der Waals surface area contributed by atoms with Crippen LogP contribution in [0.1, 0.15) is 17.9 Å². The van der Waals surface area contributed by atoms with Gasteiger partial charge in [0.25, 0.3) is 5.89 Å². The van der Waals surface area contributed by atoms with Crippen LogP contribution in [0.15, 0.2) is 69.8 Å². The van der Waals surface area contributed by atoms with Crippen molar-refractivity contribution in [1.82, 2.24) is 15.5 Å². The Balaban J connectivity index is 1.31. The van der Waals surface area contributed by atoms with Gasteiger partial charge in [0.05, 0.1) is 6.54 Å². The van der Waals surface area contributed by atoms with Gasteiger partial charge in [-0.3, -0.25) is 4.99 Å². The molecule has 3 aromatic rings. The van der Waals surface area contributed by atoms with Gasteiger partial charge in [-0.2, -0.15) is 8.78 Å². The van der Waals surface area contributed by atoms with E-state index in [9.17, 15) is 8.78 Å². The molecule has 160 valence electrons. The number of hydrogen-bond donors (Lipinski definition) is 4. The van der Waals surface area contributed by atoms with Crippen molar-refractivity contribution in [3.05, 3.63) is 71.9 Å². The summed E-state index contributed by atoms with van der Waals surface area (Å²) < 4.78 is 30.1. The van der Waals surface area contributed by atoms with Gasteiger partial charge in [-0.25, -0.2) is 0 Å². The Morgan fingerprint density at radius 2 is 1.84 bits per heavy atom. The fourth-order valence-electron chi connectivity index (χ4n) is 2.94. The number of hydrogen-bond acceptors (Lipinski definition) is 8. The molecule has 0 saturated heterocycles. The number of guanidine groups is 1. The molecule has 1 aromatic heterocycles. The Kier molecular flexibility index (Phi) is 6.06. The molecule has 1 aliphatic rings. The predicted molar refractivity (Wildman–Crippen MR) is 115 cm³/mol. The molecule has 5 N–H and O–H groups in total. The molecule has 10 heteroatoms. The lowest BCUT2D eigenvalue weighted by atomic mass is 10.1. The van der Waals surface area contributed by atoms with Gasteiger partial charge in [-0.05, 0) is 42.0 Å². The van der Waals surface area contributed by atoms with Crippen LogP contribution in [0.5, 0.6) is 0 Å². The number of anilines is 2. The Bertz CT molecular complexity index is 1080. The van der Waals surface area contributed by atoms with E-state index >= 15 is 0 Å². The second-order valence-corrected chi connectivity index (χ2v) is 6.84. The summed E-state index contributed by atoms with van der Waals surface area (Å²) >= 11 is 0. The molecule has 0 atom stereocenters. The quantitative estimate of drug-likeness (QED) is 0.458. The zero-order chi connectivity index (χ0) is 21.6. The number of aliphatic imine (C=N–C) groups is 1. The summed E-state index contributed by atoms with van der Waals surface area (Å²) in [4.78, 5) is 4.29. The van der Waals surface area contributed by atoms with Gasteiger partial charge in [0.2, 0.25) is 5.89 Å². The number of nitrogens with zero attached hydrogens (tertiary/aromatic N) is 3. The molecule has 2 aromatic carbocycles.